The molecule has 0 radical (unpaired) electrons. The van der Waals surface area contributed by atoms with Crippen LogP contribution in [0.5, 0.6) is 0 Å². The van der Waals surface area contributed by atoms with Crippen LogP contribution in [0.15, 0.2) is 24.3 Å². The molecule has 0 amide bonds. The quantitative estimate of drug-likeness (QED) is 0.866. The van der Waals surface area contributed by atoms with E-state index >= 15 is 0 Å². The SMILES string of the molecule is CCNCc1ccccc1N(C)C1CCCCC1C. The highest BCUT2D eigenvalue weighted by Crippen LogP contribution is 2.31. The van der Waals surface area contributed by atoms with Crippen LogP contribution in [-0.2, 0) is 6.54 Å². The Bertz CT molecular complexity index is 389. The highest BCUT2D eigenvalue weighted by atomic mass is 15.1. The van der Waals surface area contributed by atoms with Crippen LogP contribution in [0.4, 0.5) is 5.69 Å². The van der Waals surface area contributed by atoms with Gasteiger partial charge in [-0.1, -0.05) is 44.9 Å². The summed E-state index contributed by atoms with van der Waals surface area (Å²) in [7, 11) is 2.28. The summed E-state index contributed by atoms with van der Waals surface area (Å²) >= 11 is 0. The second-order valence-electron chi connectivity index (χ2n) is 5.85. The standard InChI is InChI=1S/C17H28N2/c1-4-18-13-15-10-6-8-12-17(15)19(3)16-11-7-5-9-14(16)2/h6,8,10,12,14,16,18H,4-5,7,9,11,13H2,1-3H3. The van der Waals surface area contributed by atoms with Crippen molar-refractivity contribution in [2.45, 2.75) is 52.1 Å². The second-order valence-corrected chi connectivity index (χ2v) is 5.85. The molecule has 19 heavy (non-hydrogen) atoms. The zero-order valence-electron chi connectivity index (χ0n) is 12.7. The Labute approximate surface area is 118 Å². The number of nitrogens with zero attached hydrogens (tertiary/aromatic N) is 1. The molecule has 1 aliphatic carbocycles. The summed E-state index contributed by atoms with van der Waals surface area (Å²) in [4.78, 5) is 2.52. The lowest BCUT2D eigenvalue weighted by atomic mass is 9.84. The van der Waals surface area contributed by atoms with Gasteiger partial charge in [0.25, 0.3) is 0 Å². The molecule has 106 valence electrons. The van der Waals surface area contributed by atoms with Crippen LogP contribution >= 0.6 is 0 Å². The summed E-state index contributed by atoms with van der Waals surface area (Å²) in [5, 5.41) is 3.45. The fraction of sp³-hybridized carbons (Fsp3) is 0.647. The van der Waals surface area contributed by atoms with Crippen LogP contribution < -0.4 is 10.2 Å². The molecule has 0 bridgehead atoms. The molecule has 1 aromatic carbocycles. The maximum absolute atomic E-state index is 3.45. The normalized spacial score (nSPS) is 23.3. The summed E-state index contributed by atoms with van der Waals surface area (Å²) < 4.78 is 0. The van der Waals surface area contributed by atoms with Gasteiger partial charge in [-0.25, -0.2) is 0 Å². The third kappa shape index (κ3) is 3.50. The number of hydrogen-bond acceptors (Lipinski definition) is 2. The average molecular weight is 260 g/mol. The van der Waals surface area contributed by atoms with Gasteiger partial charge in [0.2, 0.25) is 0 Å². The fourth-order valence-electron chi connectivity index (χ4n) is 3.31. The van der Waals surface area contributed by atoms with Crippen molar-refractivity contribution in [3.05, 3.63) is 29.8 Å². The van der Waals surface area contributed by atoms with Crippen molar-refractivity contribution in [3.63, 3.8) is 0 Å². The van der Waals surface area contributed by atoms with Gasteiger partial charge in [-0.2, -0.15) is 0 Å². The molecule has 0 saturated heterocycles. The topological polar surface area (TPSA) is 15.3 Å². The highest BCUT2D eigenvalue weighted by Gasteiger charge is 2.25. The van der Waals surface area contributed by atoms with Crippen LogP contribution in [0.2, 0.25) is 0 Å². The minimum Gasteiger partial charge on any atom is -0.371 e. The van der Waals surface area contributed by atoms with Crippen LogP contribution in [-0.4, -0.2) is 19.6 Å². The zero-order chi connectivity index (χ0) is 13.7. The third-order valence-electron chi connectivity index (χ3n) is 4.50. The maximum atomic E-state index is 3.45. The van der Waals surface area contributed by atoms with Gasteiger partial charge in [0.1, 0.15) is 0 Å². The van der Waals surface area contributed by atoms with E-state index in [-0.39, 0.29) is 0 Å². The molecule has 2 rings (SSSR count). The molecule has 1 aliphatic rings. The van der Waals surface area contributed by atoms with E-state index in [1.165, 1.54) is 36.9 Å². The Morgan fingerprint density at radius 1 is 1.21 bits per heavy atom. The minimum atomic E-state index is 0.705. The first-order valence-electron chi connectivity index (χ1n) is 7.75. The molecular formula is C17H28N2. The highest BCUT2D eigenvalue weighted by molar-refractivity contribution is 5.54. The summed E-state index contributed by atoms with van der Waals surface area (Å²) in [6.07, 6.45) is 5.51. The first-order chi connectivity index (χ1) is 9.24. The van der Waals surface area contributed by atoms with Crippen LogP contribution in [0.25, 0.3) is 0 Å². The Morgan fingerprint density at radius 3 is 2.68 bits per heavy atom. The van der Waals surface area contributed by atoms with E-state index in [1.807, 2.05) is 0 Å². The molecule has 1 fully saturated rings. The molecular weight excluding hydrogens is 232 g/mol. The monoisotopic (exact) mass is 260 g/mol. The molecule has 2 atom stereocenters. The van der Waals surface area contributed by atoms with Gasteiger partial charge in [0, 0.05) is 25.3 Å². The van der Waals surface area contributed by atoms with E-state index in [0.29, 0.717) is 6.04 Å². The van der Waals surface area contributed by atoms with Crippen LogP contribution in [0, 0.1) is 5.92 Å². The lowest BCUT2D eigenvalue weighted by Gasteiger charge is -2.38. The van der Waals surface area contributed by atoms with E-state index in [4.69, 9.17) is 0 Å². The van der Waals surface area contributed by atoms with Crippen molar-refractivity contribution in [1.82, 2.24) is 5.32 Å². The first kappa shape index (κ1) is 14.4. The molecule has 2 heteroatoms. The maximum Gasteiger partial charge on any atom is 0.0411 e. The molecule has 2 nitrogen and oxygen atoms in total. The third-order valence-corrected chi connectivity index (χ3v) is 4.50. The van der Waals surface area contributed by atoms with Crippen molar-refractivity contribution >= 4 is 5.69 Å². The van der Waals surface area contributed by atoms with Gasteiger partial charge in [-0.15, -0.1) is 0 Å². The lowest BCUT2D eigenvalue weighted by Crippen LogP contribution is -2.39. The van der Waals surface area contributed by atoms with Gasteiger partial charge >= 0.3 is 0 Å². The van der Waals surface area contributed by atoms with Crippen LogP contribution in [0.1, 0.15) is 45.1 Å². The summed E-state index contributed by atoms with van der Waals surface area (Å²) in [5.74, 6) is 0.811. The largest absolute Gasteiger partial charge is 0.371 e. The van der Waals surface area contributed by atoms with E-state index < -0.39 is 0 Å². The van der Waals surface area contributed by atoms with Gasteiger partial charge in [0.05, 0.1) is 0 Å². The van der Waals surface area contributed by atoms with Gasteiger partial charge in [-0.05, 0) is 36.9 Å². The second kappa shape index (κ2) is 6.95. The summed E-state index contributed by atoms with van der Waals surface area (Å²) in [6, 6.07) is 9.54. The van der Waals surface area contributed by atoms with Crippen molar-refractivity contribution in [2.75, 3.05) is 18.5 Å². The van der Waals surface area contributed by atoms with Crippen molar-refractivity contribution in [1.29, 1.82) is 0 Å². The number of anilines is 1. The molecule has 2 unspecified atom stereocenters. The van der Waals surface area contributed by atoms with E-state index in [0.717, 1.165) is 19.0 Å². The average Bonchev–Trinajstić information content (AvgIpc) is 2.45. The predicted molar refractivity (Wildman–Crippen MR) is 83.6 cm³/mol. The number of benzene rings is 1. The Kier molecular flexibility index (Phi) is 5.26. The van der Waals surface area contributed by atoms with Crippen molar-refractivity contribution in [3.8, 4) is 0 Å². The number of nitrogens with one attached hydrogen (secondary N) is 1. The molecule has 0 aromatic heterocycles. The Hall–Kier alpha value is -1.02. The van der Waals surface area contributed by atoms with Gasteiger partial charge in [-0.3, -0.25) is 0 Å². The Morgan fingerprint density at radius 2 is 1.95 bits per heavy atom. The molecule has 0 heterocycles. The molecule has 0 spiro atoms. The zero-order valence-corrected chi connectivity index (χ0v) is 12.7. The Balaban J connectivity index is 2.15. The van der Waals surface area contributed by atoms with Gasteiger partial charge in [0.15, 0.2) is 0 Å². The van der Waals surface area contributed by atoms with E-state index in [2.05, 4.69) is 55.4 Å². The number of hydrogen-bond donors (Lipinski definition) is 1. The summed E-state index contributed by atoms with van der Waals surface area (Å²) in [5.41, 5.74) is 2.83. The molecule has 0 aliphatic heterocycles. The van der Waals surface area contributed by atoms with E-state index in [1.54, 1.807) is 0 Å². The molecule has 1 saturated carbocycles. The van der Waals surface area contributed by atoms with Gasteiger partial charge < -0.3 is 10.2 Å². The molecule has 1 aromatic rings. The van der Waals surface area contributed by atoms with E-state index in [9.17, 15) is 0 Å². The predicted octanol–water partition coefficient (Wildman–Crippen LogP) is 3.81. The van der Waals surface area contributed by atoms with Crippen molar-refractivity contribution < 1.29 is 0 Å². The minimum absolute atomic E-state index is 0.705. The van der Waals surface area contributed by atoms with Crippen LogP contribution in [0.3, 0.4) is 0 Å². The summed E-state index contributed by atoms with van der Waals surface area (Å²) in [6.45, 7) is 6.57. The fourth-order valence-corrected chi connectivity index (χ4v) is 3.31. The first-order valence-corrected chi connectivity index (χ1v) is 7.75. The lowest BCUT2D eigenvalue weighted by molar-refractivity contribution is 0.321. The van der Waals surface area contributed by atoms with Crippen molar-refractivity contribution in [2.24, 2.45) is 5.92 Å². The smallest absolute Gasteiger partial charge is 0.0411 e. The number of rotatable bonds is 5. The number of para-hydroxylation sites is 1. The molecule has 1 N–H and O–H groups in total.